The molecular weight excluding hydrogens is 224 g/mol. The molecule has 0 saturated carbocycles. The molecule has 0 amide bonds. The van der Waals surface area contributed by atoms with Gasteiger partial charge in [0.25, 0.3) is 0 Å². The first-order chi connectivity index (χ1) is 7.66. The lowest BCUT2D eigenvalue weighted by atomic mass is 10.1. The molecule has 2 atom stereocenters. The average Bonchev–Trinajstić information content (AvgIpc) is 2.59. The molecule has 0 aliphatic carbocycles. The SMILES string of the molecule is CC1Cc2c(nc3c(Cl)cccn23)C(C)O1. The zero-order chi connectivity index (χ0) is 11.3. The summed E-state index contributed by atoms with van der Waals surface area (Å²) in [6.07, 6.45) is 3.19. The number of rotatable bonds is 0. The van der Waals surface area contributed by atoms with E-state index < -0.39 is 0 Å². The van der Waals surface area contributed by atoms with Crippen molar-refractivity contribution in [3.05, 3.63) is 34.7 Å². The van der Waals surface area contributed by atoms with Crippen molar-refractivity contribution in [2.75, 3.05) is 0 Å². The molecular formula is C12H13ClN2O. The molecule has 16 heavy (non-hydrogen) atoms. The Morgan fingerprint density at radius 2 is 2.31 bits per heavy atom. The van der Waals surface area contributed by atoms with Gasteiger partial charge in [0.2, 0.25) is 0 Å². The first-order valence-corrected chi connectivity index (χ1v) is 5.85. The van der Waals surface area contributed by atoms with Crippen molar-refractivity contribution in [2.24, 2.45) is 0 Å². The van der Waals surface area contributed by atoms with Gasteiger partial charge < -0.3 is 9.14 Å². The molecule has 4 heteroatoms. The van der Waals surface area contributed by atoms with E-state index in [1.54, 1.807) is 0 Å². The fourth-order valence-electron chi connectivity index (χ4n) is 2.36. The molecule has 3 rings (SSSR count). The molecule has 1 aliphatic rings. The second-order valence-corrected chi connectivity index (χ2v) is 4.69. The number of imidazole rings is 1. The highest BCUT2D eigenvalue weighted by molar-refractivity contribution is 6.33. The van der Waals surface area contributed by atoms with E-state index in [9.17, 15) is 0 Å². The van der Waals surface area contributed by atoms with Crippen molar-refractivity contribution in [3.63, 3.8) is 0 Å². The van der Waals surface area contributed by atoms with Gasteiger partial charge in [0.05, 0.1) is 28.6 Å². The lowest BCUT2D eigenvalue weighted by Gasteiger charge is -2.24. The molecule has 3 heterocycles. The quantitative estimate of drug-likeness (QED) is 0.703. The van der Waals surface area contributed by atoms with Gasteiger partial charge in [-0.05, 0) is 26.0 Å². The molecule has 1 aliphatic heterocycles. The summed E-state index contributed by atoms with van der Waals surface area (Å²) in [5.74, 6) is 0. The van der Waals surface area contributed by atoms with E-state index in [2.05, 4.69) is 16.3 Å². The van der Waals surface area contributed by atoms with Gasteiger partial charge in [0.1, 0.15) is 0 Å². The van der Waals surface area contributed by atoms with Crippen molar-refractivity contribution in [3.8, 4) is 0 Å². The zero-order valence-electron chi connectivity index (χ0n) is 9.27. The van der Waals surface area contributed by atoms with Crippen LogP contribution < -0.4 is 0 Å². The molecule has 2 aromatic heterocycles. The third kappa shape index (κ3) is 1.35. The van der Waals surface area contributed by atoms with Crippen LogP contribution in [-0.2, 0) is 11.2 Å². The van der Waals surface area contributed by atoms with Crippen LogP contribution in [0, 0.1) is 0 Å². The van der Waals surface area contributed by atoms with Crippen LogP contribution in [0.15, 0.2) is 18.3 Å². The molecule has 2 aromatic rings. The van der Waals surface area contributed by atoms with E-state index in [0.29, 0.717) is 5.02 Å². The Kier molecular flexibility index (Phi) is 2.19. The highest BCUT2D eigenvalue weighted by atomic mass is 35.5. The minimum atomic E-state index is 0.0507. The summed E-state index contributed by atoms with van der Waals surface area (Å²) in [7, 11) is 0. The van der Waals surface area contributed by atoms with Crippen molar-refractivity contribution in [1.29, 1.82) is 0 Å². The predicted molar refractivity (Wildman–Crippen MR) is 62.9 cm³/mol. The molecule has 0 bridgehead atoms. The number of nitrogens with zero attached hydrogens (tertiary/aromatic N) is 2. The topological polar surface area (TPSA) is 26.5 Å². The van der Waals surface area contributed by atoms with E-state index in [-0.39, 0.29) is 12.2 Å². The summed E-state index contributed by atoms with van der Waals surface area (Å²) in [4.78, 5) is 4.57. The van der Waals surface area contributed by atoms with Crippen LogP contribution in [0.25, 0.3) is 5.65 Å². The second kappa shape index (κ2) is 3.47. The maximum absolute atomic E-state index is 6.14. The van der Waals surface area contributed by atoms with E-state index in [0.717, 1.165) is 17.8 Å². The van der Waals surface area contributed by atoms with Crippen LogP contribution in [0.3, 0.4) is 0 Å². The Balaban J connectivity index is 2.30. The molecule has 3 nitrogen and oxygen atoms in total. The fourth-order valence-corrected chi connectivity index (χ4v) is 2.57. The van der Waals surface area contributed by atoms with Crippen LogP contribution in [0.5, 0.6) is 0 Å². The fraction of sp³-hybridized carbons (Fsp3) is 0.417. The summed E-state index contributed by atoms with van der Waals surface area (Å²) in [5, 5.41) is 0.691. The van der Waals surface area contributed by atoms with Gasteiger partial charge in [0, 0.05) is 12.6 Å². The van der Waals surface area contributed by atoms with Crippen molar-refractivity contribution < 1.29 is 4.74 Å². The van der Waals surface area contributed by atoms with Gasteiger partial charge in [-0.1, -0.05) is 11.6 Å². The van der Waals surface area contributed by atoms with Crippen molar-refractivity contribution in [2.45, 2.75) is 32.5 Å². The smallest absolute Gasteiger partial charge is 0.156 e. The first kappa shape index (κ1) is 10.1. The van der Waals surface area contributed by atoms with Crippen LogP contribution in [0.2, 0.25) is 5.02 Å². The van der Waals surface area contributed by atoms with Gasteiger partial charge in [-0.2, -0.15) is 0 Å². The summed E-state index contributed by atoms with van der Waals surface area (Å²) in [6.45, 7) is 4.12. The van der Waals surface area contributed by atoms with Crippen LogP contribution >= 0.6 is 11.6 Å². The van der Waals surface area contributed by atoms with Gasteiger partial charge >= 0.3 is 0 Å². The monoisotopic (exact) mass is 236 g/mol. The van der Waals surface area contributed by atoms with E-state index in [1.165, 1.54) is 5.69 Å². The second-order valence-electron chi connectivity index (χ2n) is 4.29. The van der Waals surface area contributed by atoms with E-state index in [1.807, 2.05) is 25.3 Å². The van der Waals surface area contributed by atoms with Gasteiger partial charge in [-0.15, -0.1) is 0 Å². The average molecular weight is 237 g/mol. The molecule has 0 saturated heterocycles. The van der Waals surface area contributed by atoms with Gasteiger partial charge in [-0.3, -0.25) is 0 Å². The highest BCUT2D eigenvalue weighted by Gasteiger charge is 2.27. The first-order valence-electron chi connectivity index (χ1n) is 5.47. The van der Waals surface area contributed by atoms with Crippen molar-refractivity contribution in [1.82, 2.24) is 9.38 Å². The maximum atomic E-state index is 6.14. The Hall–Kier alpha value is -1.06. The lowest BCUT2D eigenvalue weighted by molar-refractivity contribution is -0.00784. The van der Waals surface area contributed by atoms with E-state index in [4.69, 9.17) is 16.3 Å². The number of hydrogen-bond acceptors (Lipinski definition) is 2. The molecule has 0 N–H and O–H groups in total. The predicted octanol–water partition coefficient (Wildman–Crippen LogP) is 3.01. The van der Waals surface area contributed by atoms with E-state index >= 15 is 0 Å². The molecule has 84 valence electrons. The zero-order valence-corrected chi connectivity index (χ0v) is 10.0. The standard InChI is InChI=1S/C12H13ClN2O/c1-7-6-10-11(8(2)16-7)14-12-9(13)4-3-5-15(10)12/h3-5,7-8H,6H2,1-2H3. The maximum Gasteiger partial charge on any atom is 0.156 e. The van der Waals surface area contributed by atoms with Crippen LogP contribution in [0.1, 0.15) is 31.3 Å². The third-order valence-corrected chi connectivity index (χ3v) is 3.33. The summed E-state index contributed by atoms with van der Waals surface area (Å²) < 4.78 is 7.84. The number of pyridine rings is 1. The van der Waals surface area contributed by atoms with Crippen LogP contribution in [0.4, 0.5) is 0 Å². The lowest BCUT2D eigenvalue weighted by Crippen LogP contribution is -2.22. The summed E-state index contributed by atoms with van der Waals surface area (Å²) in [6, 6.07) is 3.81. The largest absolute Gasteiger partial charge is 0.369 e. The molecule has 2 unspecified atom stereocenters. The number of fused-ring (bicyclic) bond motifs is 3. The molecule has 0 spiro atoms. The van der Waals surface area contributed by atoms with Crippen LogP contribution in [-0.4, -0.2) is 15.5 Å². The van der Waals surface area contributed by atoms with Gasteiger partial charge in [0.15, 0.2) is 5.65 Å². The molecule has 0 radical (unpaired) electrons. The number of aromatic nitrogens is 2. The Bertz CT molecular complexity index is 549. The molecule has 0 aromatic carbocycles. The summed E-state index contributed by atoms with van der Waals surface area (Å²) >= 11 is 6.14. The third-order valence-electron chi connectivity index (χ3n) is 3.03. The highest BCUT2D eigenvalue weighted by Crippen LogP contribution is 2.31. The Morgan fingerprint density at radius 1 is 1.50 bits per heavy atom. The van der Waals surface area contributed by atoms with Gasteiger partial charge in [-0.25, -0.2) is 4.98 Å². The minimum Gasteiger partial charge on any atom is -0.369 e. The number of hydrogen-bond donors (Lipinski definition) is 0. The molecule has 0 fully saturated rings. The normalized spacial score (nSPS) is 24.7. The minimum absolute atomic E-state index is 0.0507. The van der Waals surface area contributed by atoms with Crippen molar-refractivity contribution >= 4 is 17.2 Å². The number of ether oxygens (including phenoxy) is 1. The summed E-state index contributed by atoms with van der Waals surface area (Å²) in [5.41, 5.74) is 3.08. The Labute approximate surface area is 99.0 Å². The Morgan fingerprint density at radius 3 is 3.12 bits per heavy atom. The number of halogens is 1.